The largest absolute Gasteiger partial charge is 0.385 e. The van der Waals surface area contributed by atoms with Gasteiger partial charge in [-0.05, 0) is 68.1 Å². The predicted octanol–water partition coefficient (Wildman–Crippen LogP) is 4.58. The van der Waals surface area contributed by atoms with Crippen LogP contribution in [-0.4, -0.2) is 5.11 Å². The summed E-state index contributed by atoms with van der Waals surface area (Å²) in [4.78, 5) is 0. The van der Waals surface area contributed by atoms with Gasteiger partial charge in [0.05, 0.1) is 5.60 Å². The molecule has 4 unspecified atom stereocenters. The molecule has 1 fully saturated rings. The highest BCUT2D eigenvalue weighted by Gasteiger charge is 2.38. The van der Waals surface area contributed by atoms with E-state index >= 15 is 0 Å². The molecule has 0 aromatic heterocycles. The molecule has 0 radical (unpaired) electrons. The Hall–Kier alpha value is -0.820. The Morgan fingerprint density at radius 1 is 1.05 bits per heavy atom. The van der Waals surface area contributed by atoms with Crippen LogP contribution in [0.4, 0.5) is 0 Å². The number of hydrogen-bond acceptors (Lipinski definition) is 1. The molecule has 2 rings (SSSR count). The summed E-state index contributed by atoms with van der Waals surface area (Å²) in [6.07, 6.45) is 3.53. The van der Waals surface area contributed by atoms with E-state index in [-0.39, 0.29) is 0 Å². The lowest BCUT2D eigenvalue weighted by atomic mass is 9.68. The van der Waals surface area contributed by atoms with Gasteiger partial charge in [0.25, 0.3) is 0 Å². The Labute approximate surface area is 118 Å². The number of aliphatic hydroxyl groups is 1. The molecule has 1 aliphatic rings. The van der Waals surface area contributed by atoms with Gasteiger partial charge in [-0.15, -0.1) is 0 Å². The van der Waals surface area contributed by atoms with Gasteiger partial charge < -0.3 is 5.11 Å². The minimum absolute atomic E-state index is 0.390. The molecular weight excluding hydrogens is 232 g/mol. The summed E-state index contributed by atoms with van der Waals surface area (Å²) in [5, 5.41) is 11.0. The van der Waals surface area contributed by atoms with Gasteiger partial charge in [-0.1, -0.05) is 38.5 Å². The fraction of sp³-hybridized carbons (Fsp3) is 0.667. The Balaban J connectivity index is 2.23. The topological polar surface area (TPSA) is 20.2 Å². The summed E-state index contributed by atoms with van der Waals surface area (Å²) < 4.78 is 0. The van der Waals surface area contributed by atoms with Crippen molar-refractivity contribution in [1.82, 2.24) is 0 Å². The van der Waals surface area contributed by atoms with Crippen molar-refractivity contribution in [2.24, 2.45) is 17.8 Å². The number of rotatable bonds is 2. The van der Waals surface area contributed by atoms with E-state index in [1.54, 1.807) is 0 Å². The molecule has 0 saturated heterocycles. The van der Waals surface area contributed by atoms with Crippen molar-refractivity contribution < 1.29 is 5.11 Å². The van der Waals surface area contributed by atoms with E-state index in [1.807, 2.05) is 6.92 Å². The first kappa shape index (κ1) is 14.6. The Morgan fingerprint density at radius 2 is 1.74 bits per heavy atom. The van der Waals surface area contributed by atoms with Gasteiger partial charge >= 0.3 is 0 Å². The standard InChI is InChI=1S/C18H28O/c1-12-6-8-16(10-14(12)3)18(5,19)17-9-7-13(2)15(4)11-17/h6,8,10,13,15,17,19H,7,9,11H2,1-5H3. The third-order valence-corrected chi connectivity index (χ3v) is 5.48. The number of hydrogen-bond donors (Lipinski definition) is 1. The van der Waals surface area contributed by atoms with Crippen LogP contribution in [0, 0.1) is 31.6 Å². The van der Waals surface area contributed by atoms with Gasteiger partial charge in [0.1, 0.15) is 0 Å². The van der Waals surface area contributed by atoms with Crippen LogP contribution in [0.15, 0.2) is 18.2 Å². The molecule has 0 heterocycles. The molecule has 0 amide bonds. The highest BCUT2D eigenvalue weighted by molar-refractivity contribution is 5.33. The molecular formula is C18H28O. The highest BCUT2D eigenvalue weighted by Crippen LogP contribution is 2.43. The Morgan fingerprint density at radius 3 is 2.32 bits per heavy atom. The maximum Gasteiger partial charge on any atom is 0.0896 e. The third-order valence-electron chi connectivity index (χ3n) is 5.48. The number of aryl methyl sites for hydroxylation is 2. The summed E-state index contributed by atoms with van der Waals surface area (Å²) >= 11 is 0. The van der Waals surface area contributed by atoms with E-state index in [9.17, 15) is 5.11 Å². The molecule has 0 spiro atoms. The normalized spacial score (nSPS) is 30.9. The lowest BCUT2D eigenvalue weighted by molar-refractivity contribution is -0.0371. The van der Waals surface area contributed by atoms with E-state index in [0.29, 0.717) is 5.92 Å². The number of benzene rings is 1. The first-order valence-corrected chi connectivity index (χ1v) is 7.62. The van der Waals surface area contributed by atoms with Crippen molar-refractivity contribution in [1.29, 1.82) is 0 Å². The Kier molecular flexibility index (Phi) is 4.06. The second kappa shape index (κ2) is 5.28. The zero-order valence-corrected chi connectivity index (χ0v) is 13.0. The van der Waals surface area contributed by atoms with Gasteiger partial charge in [0.2, 0.25) is 0 Å². The third kappa shape index (κ3) is 2.86. The first-order valence-electron chi connectivity index (χ1n) is 7.62. The smallest absolute Gasteiger partial charge is 0.0896 e. The molecule has 1 heteroatoms. The highest BCUT2D eigenvalue weighted by atomic mass is 16.3. The van der Waals surface area contributed by atoms with Crippen molar-refractivity contribution in [3.63, 3.8) is 0 Å². The van der Waals surface area contributed by atoms with E-state index in [1.165, 1.54) is 17.5 Å². The second-order valence-corrected chi connectivity index (χ2v) is 6.91. The summed E-state index contributed by atoms with van der Waals surface area (Å²) in [5.74, 6) is 1.91. The fourth-order valence-electron chi connectivity index (χ4n) is 3.35. The lowest BCUT2D eigenvalue weighted by Gasteiger charge is -2.41. The van der Waals surface area contributed by atoms with Crippen LogP contribution in [-0.2, 0) is 5.60 Å². The molecule has 1 nitrogen and oxygen atoms in total. The van der Waals surface area contributed by atoms with Crippen LogP contribution >= 0.6 is 0 Å². The van der Waals surface area contributed by atoms with E-state index in [4.69, 9.17) is 0 Å². The lowest BCUT2D eigenvalue weighted by Crippen LogP contribution is -2.37. The molecule has 106 valence electrons. The molecule has 1 saturated carbocycles. The summed E-state index contributed by atoms with van der Waals surface area (Å²) in [6.45, 7) is 10.9. The molecule has 0 bridgehead atoms. The van der Waals surface area contributed by atoms with Crippen LogP contribution < -0.4 is 0 Å². The van der Waals surface area contributed by atoms with Crippen LogP contribution in [0.1, 0.15) is 56.7 Å². The van der Waals surface area contributed by atoms with Crippen molar-refractivity contribution in [2.45, 2.75) is 59.5 Å². The van der Waals surface area contributed by atoms with Crippen LogP contribution in [0.5, 0.6) is 0 Å². The maximum absolute atomic E-state index is 11.0. The quantitative estimate of drug-likeness (QED) is 0.825. The molecule has 19 heavy (non-hydrogen) atoms. The van der Waals surface area contributed by atoms with E-state index in [2.05, 4.69) is 45.9 Å². The monoisotopic (exact) mass is 260 g/mol. The average Bonchev–Trinajstić information content (AvgIpc) is 2.35. The van der Waals surface area contributed by atoms with Crippen molar-refractivity contribution >= 4 is 0 Å². The zero-order valence-electron chi connectivity index (χ0n) is 13.0. The van der Waals surface area contributed by atoms with Crippen molar-refractivity contribution in [2.75, 3.05) is 0 Å². The molecule has 1 aromatic carbocycles. The van der Waals surface area contributed by atoms with Gasteiger partial charge in [0, 0.05) is 0 Å². The summed E-state index contributed by atoms with van der Waals surface area (Å²) in [7, 11) is 0. The van der Waals surface area contributed by atoms with Crippen molar-refractivity contribution in [3.05, 3.63) is 34.9 Å². The van der Waals surface area contributed by atoms with Gasteiger partial charge in [-0.3, -0.25) is 0 Å². The Bertz CT molecular complexity index is 447. The van der Waals surface area contributed by atoms with Crippen LogP contribution in [0.25, 0.3) is 0 Å². The molecule has 4 atom stereocenters. The second-order valence-electron chi connectivity index (χ2n) is 6.91. The zero-order chi connectivity index (χ0) is 14.2. The predicted molar refractivity (Wildman–Crippen MR) is 81.2 cm³/mol. The van der Waals surface area contributed by atoms with E-state index in [0.717, 1.165) is 30.2 Å². The van der Waals surface area contributed by atoms with E-state index < -0.39 is 5.60 Å². The molecule has 0 aliphatic heterocycles. The minimum atomic E-state index is -0.688. The summed E-state index contributed by atoms with van der Waals surface area (Å²) in [6, 6.07) is 6.40. The van der Waals surface area contributed by atoms with Gasteiger partial charge in [0.15, 0.2) is 0 Å². The first-order chi connectivity index (χ1) is 8.82. The summed E-state index contributed by atoms with van der Waals surface area (Å²) in [5.41, 5.74) is 2.97. The van der Waals surface area contributed by atoms with Gasteiger partial charge in [-0.25, -0.2) is 0 Å². The SMILES string of the molecule is Cc1ccc(C(C)(O)C2CCC(C)C(C)C2)cc1C. The average molecular weight is 260 g/mol. The molecule has 1 aromatic rings. The van der Waals surface area contributed by atoms with Gasteiger partial charge in [-0.2, -0.15) is 0 Å². The fourth-order valence-corrected chi connectivity index (χ4v) is 3.35. The van der Waals surface area contributed by atoms with Crippen LogP contribution in [0.2, 0.25) is 0 Å². The maximum atomic E-state index is 11.0. The molecule has 1 N–H and O–H groups in total. The van der Waals surface area contributed by atoms with Crippen molar-refractivity contribution in [3.8, 4) is 0 Å². The van der Waals surface area contributed by atoms with Crippen LogP contribution in [0.3, 0.4) is 0 Å². The minimum Gasteiger partial charge on any atom is -0.385 e. The molecule has 1 aliphatic carbocycles.